The highest BCUT2D eigenvalue weighted by atomic mass is 16.5. The molecule has 0 unspecified atom stereocenters. The lowest BCUT2D eigenvalue weighted by molar-refractivity contribution is 0.0514. The molecule has 96 valence electrons. The number of esters is 1. The Hall–Kier alpha value is -2.54. The number of carbonyl (C=O) groups is 1. The molecule has 0 N–H and O–H groups in total. The summed E-state index contributed by atoms with van der Waals surface area (Å²) in [7, 11) is 0. The number of nitrogens with zero attached hydrogens (tertiary/aromatic N) is 2. The van der Waals surface area contributed by atoms with Gasteiger partial charge in [0.1, 0.15) is 11.8 Å². The lowest BCUT2D eigenvalue weighted by Crippen LogP contribution is -2.13. The van der Waals surface area contributed by atoms with E-state index >= 15 is 0 Å². The lowest BCUT2D eigenvalue weighted by Gasteiger charge is -2.09. The molecule has 0 spiro atoms. The van der Waals surface area contributed by atoms with Gasteiger partial charge in [-0.25, -0.2) is 4.79 Å². The first-order valence-electron chi connectivity index (χ1n) is 6.06. The van der Waals surface area contributed by atoms with Crippen LogP contribution in [0.5, 0.6) is 0 Å². The molecule has 1 aromatic heterocycles. The monoisotopic (exact) mass is 254 g/mol. The van der Waals surface area contributed by atoms with Gasteiger partial charge in [-0.3, -0.25) is 0 Å². The quantitative estimate of drug-likeness (QED) is 0.788. The maximum atomic E-state index is 11.9. The van der Waals surface area contributed by atoms with Crippen LogP contribution in [0.4, 0.5) is 0 Å². The van der Waals surface area contributed by atoms with Crippen LogP contribution in [-0.2, 0) is 11.3 Å². The van der Waals surface area contributed by atoms with Gasteiger partial charge in [-0.05, 0) is 18.6 Å². The second-order valence-electron chi connectivity index (χ2n) is 4.02. The molecule has 0 aliphatic heterocycles. The standard InChI is InChI=1S/C15H14N2O2/c1-2-19-15(18)14-13(10-16)8-9-17(14)11-12-6-4-3-5-7-12/h3-9H,2,11H2,1H3. The topological polar surface area (TPSA) is 55.0 Å². The average molecular weight is 254 g/mol. The van der Waals surface area contributed by atoms with Crippen molar-refractivity contribution in [2.75, 3.05) is 6.61 Å². The van der Waals surface area contributed by atoms with Crippen molar-refractivity contribution in [1.82, 2.24) is 4.57 Å². The van der Waals surface area contributed by atoms with E-state index in [9.17, 15) is 4.79 Å². The van der Waals surface area contributed by atoms with E-state index in [2.05, 4.69) is 0 Å². The predicted octanol–water partition coefficient (Wildman–Crippen LogP) is 2.58. The highest BCUT2D eigenvalue weighted by Crippen LogP contribution is 2.14. The number of nitriles is 1. The van der Waals surface area contributed by atoms with Gasteiger partial charge in [0.25, 0.3) is 0 Å². The predicted molar refractivity (Wildman–Crippen MR) is 70.6 cm³/mol. The summed E-state index contributed by atoms with van der Waals surface area (Å²) in [5, 5.41) is 9.04. The van der Waals surface area contributed by atoms with Crippen LogP contribution in [0.1, 0.15) is 28.5 Å². The van der Waals surface area contributed by atoms with Gasteiger partial charge in [0.15, 0.2) is 0 Å². The summed E-state index contributed by atoms with van der Waals surface area (Å²) in [6.45, 7) is 2.57. The van der Waals surface area contributed by atoms with E-state index in [1.807, 2.05) is 36.4 Å². The van der Waals surface area contributed by atoms with Gasteiger partial charge in [-0.2, -0.15) is 5.26 Å². The first-order chi connectivity index (χ1) is 9.26. The Morgan fingerprint density at radius 3 is 2.68 bits per heavy atom. The molecule has 0 atom stereocenters. The van der Waals surface area contributed by atoms with E-state index in [0.717, 1.165) is 5.56 Å². The molecule has 0 amide bonds. The molecule has 0 saturated heterocycles. The Morgan fingerprint density at radius 2 is 2.05 bits per heavy atom. The molecular formula is C15H14N2O2. The zero-order valence-corrected chi connectivity index (χ0v) is 10.7. The number of hydrogen-bond acceptors (Lipinski definition) is 3. The molecule has 0 saturated carbocycles. The molecule has 0 aliphatic carbocycles. The minimum atomic E-state index is -0.458. The fourth-order valence-electron chi connectivity index (χ4n) is 1.90. The van der Waals surface area contributed by atoms with Crippen LogP contribution >= 0.6 is 0 Å². The normalized spacial score (nSPS) is 9.89. The Labute approximate surface area is 111 Å². The molecule has 0 aliphatic rings. The summed E-state index contributed by atoms with van der Waals surface area (Å²) >= 11 is 0. The number of carbonyl (C=O) groups excluding carboxylic acids is 1. The van der Waals surface area contributed by atoms with Crippen molar-refractivity contribution in [3.05, 3.63) is 59.4 Å². The molecule has 0 fully saturated rings. The van der Waals surface area contributed by atoms with Gasteiger partial charge in [0, 0.05) is 12.7 Å². The third kappa shape index (κ3) is 2.83. The Balaban J connectivity index is 2.34. The van der Waals surface area contributed by atoms with Crippen LogP contribution in [0.2, 0.25) is 0 Å². The summed E-state index contributed by atoms with van der Waals surface area (Å²) < 4.78 is 6.74. The Morgan fingerprint density at radius 1 is 1.32 bits per heavy atom. The van der Waals surface area contributed by atoms with Gasteiger partial charge < -0.3 is 9.30 Å². The van der Waals surface area contributed by atoms with Gasteiger partial charge in [-0.15, -0.1) is 0 Å². The average Bonchev–Trinajstić information content (AvgIpc) is 2.83. The second-order valence-corrected chi connectivity index (χ2v) is 4.02. The highest BCUT2D eigenvalue weighted by molar-refractivity contribution is 5.90. The van der Waals surface area contributed by atoms with Crippen molar-refractivity contribution in [2.24, 2.45) is 0 Å². The zero-order valence-electron chi connectivity index (χ0n) is 10.7. The number of benzene rings is 1. The van der Waals surface area contributed by atoms with Gasteiger partial charge >= 0.3 is 5.97 Å². The van der Waals surface area contributed by atoms with Crippen molar-refractivity contribution >= 4 is 5.97 Å². The second kappa shape index (κ2) is 5.87. The molecular weight excluding hydrogens is 240 g/mol. The molecule has 2 rings (SSSR count). The highest BCUT2D eigenvalue weighted by Gasteiger charge is 2.18. The van der Waals surface area contributed by atoms with E-state index in [1.54, 1.807) is 23.8 Å². The van der Waals surface area contributed by atoms with Gasteiger partial charge in [0.2, 0.25) is 0 Å². The van der Waals surface area contributed by atoms with Crippen molar-refractivity contribution in [3.8, 4) is 6.07 Å². The summed E-state index contributed by atoms with van der Waals surface area (Å²) in [5.41, 5.74) is 1.72. The van der Waals surface area contributed by atoms with Crippen LogP contribution in [0.3, 0.4) is 0 Å². The first kappa shape index (κ1) is 12.9. The summed E-state index contributed by atoms with van der Waals surface area (Å²) in [6, 6.07) is 13.4. The summed E-state index contributed by atoms with van der Waals surface area (Å²) in [6.07, 6.45) is 1.73. The first-order valence-corrected chi connectivity index (χ1v) is 6.06. The van der Waals surface area contributed by atoms with Crippen LogP contribution in [-0.4, -0.2) is 17.1 Å². The molecule has 19 heavy (non-hydrogen) atoms. The summed E-state index contributed by atoms with van der Waals surface area (Å²) in [5.74, 6) is -0.458. The molecule has 0 bridgehead atoms. The molecule has 1 aromatic carbocycles. The third-order valence-corrected chi connectivity index (χ3v) is 2.75. The van der Waals surface area contributed by atoms with E-state index < -0.39 is 5.97 Å². The van der Waals surface area contributed by atoms with Crippen molar-refractivity contribution in [3.63, 3.8) is 0 Å². The van der Waals surface area contributed by atoms with Gasteiger partial charge in [-0.1, -0.05) is 30.3 Å². The van der Waals surface area contributed by atoms with E-state index in [4.69, 9.17) is 10.00 Å². The van der Waals surface area contributed by atoms with Crippen LogP contribution in [0.15, 0.2) is 42.6 Å². The molecule has 2 aromatic rings. The van der Waals surface area contributed by atoms with E-state index in [-0.39, 0.29) is 0 Å². The Kier molecular flexibility index (Phi) is 3.99. The maximum absolute atomic E-state index is 11.9. The smallest absolute Gasteiger partial charge is 0.356 e. The van der Waals surface area contributed by atoms with Crippen molar-refractivity contribution < 1.29 is 9.53 Å². The Bertz CT molecular complexity index is 609. The van der Waals surface area contributed by atoms with Crippen LogP contribution < -0.4 is 0 Å². The molecule has 0 radical (unpaired) electrons. The largest absolute Gasteiger partial charge is 0.461 e. The maximum Gasteiger partial charge on any atom is 0.356 e. The summed E-state index contributed by atoms with van der Waals surface area (Å²) in [4.78, 5) is 11.9. The number of hydrogen-bond donors (Lipinski definition) is 0. The minimum Gasteiger partial charge on any atom is -0.461 e. The minimum absolute atomic E-state index is 0.292. The number of ether oxygens (including phenoxy) is 1. The molecule has 4 heteroatoms. The lowest BCUT2D eigenvalue weighted by atomic mass is 10.2. The van der Waals surface area contributed by atoms with E-state index in [0.29, 0.717) is 24.4 Å². The third-order valence-electron chi connectivity index (χ3n) is 2.75. The van der Waals surface area contributed by atoms with Crippen LogP contribution in [0.25, 0.3) is 0 Å². The zero-order chi connectivity index (χ0) is 13.7. The SMILES string of the molecule is CCOC(=O)c1c(C#N)ccn1Cc1ccccc1. The van der Waals surface area contributed by atoms with Crippen molar-refractivity contribution in [2.45, 2.75) is 13.5 Å². The fraction of sp³-hybridized carbons (Fsp3) is 0.200. The van der Waals surface area contributed by atoms with Crippen LogP contribution in [0, 0.1) is 11.3 Å². The molecule has 1 heterocycles. The molecule has 4 nitrogen and oxygen atoms in total. The number of aromatic nitrogens is 1. The van der Waals surface area contributed by atoms with Gasteiger partial charge in [0.05, 0.1) is 12.2 Å². The van der Waals surface area contributed by atoms with E-state index in [1.165, 1.54) is 0 Å². The fourth-order valence-corrected chi connectivity index (χ4v) is 1.90. The number of rotatable bonds is 4. The van der Waals surface area contributed by atoms with Crippen molar-refractivity contribution in [1.29, 1.82) is 5.26 Å².